The van der Waals surface area contributed by atoms with Crippen molar-refractivity contribution in [1.29, 1.82) is 0 Å². The predicted molar refractivity (Wildman–Crippen MR) is 108 cm³/mol. The molecule has 3 amide bonds. The third kappa shape index (κ3) is 6.45. The van der Waals surface area contributed by atoms with E-state index in [4.69, 9.17) is 4.74 Å². The number of hydrogen-bond acceptors (Lipinski definition) is 6. The summed E-state index contributed by atoms with van der Waals surface area (Å²) in [5, 5.41) is 7.28. The summed E-state index contributed by atoms with van der Waals surface area (Å²) < 4.78 is 5.10. The molecule has 0 saturated carbocycles. The number of nitrogens with one attached hydrogen (secondary N) is 2. The van der Waals surface area contributed by atoms with Crippen molar-refractivity contribution in [2.75, 3.05) is 0 Å². The van der Waals surface area contributed by atoms with Crippen molar-refractivity contribution in [1.82, 2.24) is 15.6 Å². The van der Waals surface area contributed by atoms with Gasteiger partial charge in [-0.1, -0.05) is 31.2 Å². The highest BCUT2D eigenvalue weighted by Gasteiger charge is 2.21. The Morgan fingerprint density at radius 1 is 1.14 bits per heavy atom. The third-order valence-electron chi connectivity index (χ3n) is 3.82. The Morgan fingerprint density at radius 3 is 2.43 bits per heavy atom. The van der Waals surface area contributed by atoms with Gasteiger partial charge in [-0.15, -0.1) is 11.3 Å². The van der Waals surface area contributed by atoms with Gasteiger partial charge in [-0.3, -0.25) is 14.9 Å². The molecule has 1 atom stereocenters. The second kappa shape index (κ2) is 9.98. The number of ether oxygens (including phenoxy) is 1. The van der Waals surface area contributed by atoms with Crippen LogP contribution >= 0.6 is 11.3 Å². The molecule has 1 aromatic carbocycles. The van der Waals surface area contributed by atoms with E-state index in [0.717, 1.165) is 17.0 Å². The standard InChI is InChI=1S/C20H25N3O4S/c1-5-14-6-8-15(9-7-14)19-22-16(11-28-19)10-17(24)27-13(4)18(25)23-20(26)21-12(2)3/h6-9,11-13H,5,10H2,1-4H3,(H2,21,23,25,26)/t13-/m0/s1. The number of carbonyl (C=O) groups excluding carboxylic acids is 3. The van der Waals surface area contributed by atoms with E-state index in [2.05, 4.69) is 34.7 Å². The van der Waals surface area contributed by atoms with Gasteiger partial charge in [-0.2, -0.15) is 0 Å². The molecule has 7 nitrogen and oxygen atoms in total. The van der Waals surface area contributed by atoms with Crippen molar-refractivity contribution >= 4 is 29.2 Å². The second-order valence-corrected chi connectivity index (χ2v) is 7.48. The first-order valence-electron chi connectivity index (χ1n) is 9.13. The van der Waals surface area contributed by atoms with Gasteiger partial charge in [-0.25, -0.2) is 9.78 Å². The molecular formula is C20H25N3O4S. The number of amides is 3. The number of aryl methyl sites for hydroxylation is 1. The maximum atomic E-state index is 12.1. The molecule has 2 aromatic rings. The third-order valence-corrected chi connectivity index (χ3v) is 4.76. The first kappa shape index (κ1) is 21.6. The summed E-state index contributed by atoms with van der Waals surface area (Å²) in [6.45, 7) is 7.05. The smallest absolute Gasteiger partial charge is 0.321 e. The SMILES string of the molecule is CCc1ccc(-c2nc(CC(=O)O[C@@H](C)C(=O)NC(=O)NC(C)C)cs2)cc1. The van der Waals surface area contributed by atoms with Crippen molar-refractivity contribution in [2.45, 2.75) is 52.7 Å². The van der Waals surface area contributed by atoms with Crippen LogP contribution in [-0.4, -0.2) is 35.0 Å². The van der Waals surface area contributed by atoms with Gasteiger partial charge in [-0.05, 0) is 32.8 Å². The summed E-state index contributed by atoms with van der Waals surface area (Å²) in [7, 11) is 0. The fourth-order valence-corrected chi connectivity index (χ4v) is 3.18. The molecule has 0 fully saturated rings. The first-order valence-corrected chi connectivity index (χ1v) is 10.0. The summed E-state index contributed by atoms with van der Waals surface area (Å²) in [4.78, 5) is 40.0. The summed E-state index contributed by atoms with van der Waals surface area (Å²) in [5.41, 5.74) is 2.82. The van der Waals surface area contributed by atoms with Crippen LogP contribution in [-0.2, 0) is 27.2 Å². The van der Waals surface area contributed by atoms with Gasteiger partial charge in [0.2, 0.25) is 0 Å². The number of rotatable bonds is 7. The summed E-state index contributed by atoms with van der Waals surface area (Å²) in [5.74, 6) is -1.26. The van der Waals surface area contributed by atoms with E-state index < -0.39 is 24.0 Å². The number of nitrogens with zero attached hydrogens (tertiary/aromatic N) is 1. The van der Waals surface area contributed by atoms with Crippen LogP contribution in [0, 0.1) is 0 Å². The first-order chi connectivity index (χ1) is 13.3. The molecule has 2 rings (SSSR count). The minimum absolute atomic E-state index is 0.0423. The molecule has 0 spiro atoms. The van der Waals surface area contributed by atoms with Crippen molar-refractivity contribution in [3.63, 3.8) is 0 Å². The molecule has 0 aliphatic rings. The molecule has 8 heteroatoms. The van der Waals surface area contributed by atoms with Crippen molar-refractivity contribution in [2.24, 2.45) is 0 Å². The fraction of sp³-hybridized carbons (Fsp3) is 0.400. The minimum Gasteiger partial charge on any atom is -0.452 e. The zero-order chi connectivity index (χ0) is 20.7. The zero-order valence-electron chi connectivity index (χ0n) is 16.4. The Kier molecular flexibility index (Phi) is 7.69. The predicted octanol–water partition coefficient (Wildman–Crippen LogP) is 3.08. The van der Waals surface area contributed by atoms with Crippen LogP contribution < -0.4 is 10.6 Å². The number of hydrogen-bond donors (Lipinski definition) is 2. The monoisotopic (exact) mass is 403 g/mol. The van der Waals surface area contributed by atoms with E-state index in [1.165, 1.54) is 23.8 Å². The molecule has 0 saturated heterocycles. The Balaban J connectivity index is 1.88. The van der Waals surface area contributed by atoms with Gasteiger partial charge < -0.3 is 10.1 Å². The van der Waals surface area contributed by atoms with E-state index >= 15 is 0 Å². The lowest BCUT2D eigenvalue weighted by molar-refractivity contribution is -0.153. The van der Waals surface area contributed by atoms with Crippen LogP contribution in [0.2, 0.25) is 0 Å². The van der Waals surface area contributed by atoms with Gasteiger partial charge in [0.1, 0.15) is 5.01 Å². The van der Waals surface area contributed by atoms with Crippen molar-refractivity contribution in [3.05, 3.63) is 40.9 Å². The number of urea groups is 1. The average Bonchev–Trinajstić information content (AvgIpc) is 3.09. The van der Waals surface area contributed by atoms with E-state index in [9.17, 15) is 14.4 Å². The lowest BCUT2D eigenvalue weighted by Crippen LogP contribution is -2.46. The summed E-state index contributed by atoms with van der Waals surface area (Å²) in [6, 6.07) is 7.40. The van der Waals surface area contributed by atoms with Crippen molar-refractivity contribution < 1.29 is 19.1 Å². The molecule has 1 heterocycles. The van der Waals surface area contributed by atoms with Gasteiger partial charge in [0, 0.05) is 17.0 Å². The Hall–Kier alpha value is -2.74. The van der Waals surface area contributed by atoms with Crippen molar-refractivity contribution in [3.8, 4) is 10.6 Å². The fourth-order valence-electron chi connectivity index (χ4n) is 2.36. The zero-order valence-corrected chi connectivity index (χ0v) is 17.3. The van der Waals surface area contributed by atoms with Gasteiger partial charge in [0.15, 0.2) is 6.10 Å². The lowest BCUT2D eigenvalue weighted by Gasteiger charge is -2.14. The number of imide groups is 1. The van der Waals surface area contributed by atoms with E-state index in [0.29, 0.717) is 5.69 Å². The van der Waals surface area contributed by atoms with Gasteiger partial charge in [0.25, 0.3) is 5.91 Å². The highest BCUT2D eigenvalue weighted by Crippen LogP contribution is 2.24. The average molecular weight is 404 g/mol. The normalized spacial score (nSPS) is 11.8. The molecule has 0 radical (unpaired) electrons. The molecule has 1 aromatic heterocycles. The lowest BCUT2D eigenvalue weighted by atomic mass is 10.1. The topological polar surface area (TPSA) is 97.4 Å². The van der Waals surface area contributed by atoms with Crippen LogP contribution in [0.3, 0.4) is 0 Å². The molecule has 0 aliphatic carbocycles. The highest BCUT2D eigenvalue weighted by atomic mass is 32.1. The number of aromatic nitrogens is 1. The van der Waals surface area contributed by atoms with Gasteiger partial charge >= 0.3 is 12.0 Å². The molecule has 0 unspecified atom stereocenters. The quantitative estimate of drug-likeness (QED) is 0.693. The van der Waals surface area contributed by atoms with E-state index in [1.807, 2.05) is 12.1 Å². The van der Waals surface area contributed by atoms with Crippen LogP contribution in [0.25, 0.3) is 10.6 Å². The molecule has 150 valence electrons. The molecule has 28 heavy (non-hydrogen) atoms. The van der Waals surface area contributed by atoms with Crippen LogP contribution in [0.4, 0.5) is 4.79 Å². The second-order valence-electron chi connectivity index (χ2n) is 6.62. The Bertz CT molecular complexity index is 830. The van der Waals surface area contributed by atoms with E-state index in [-0.39, 0.29) is 12.5 Å². The largest absolute Gasteiger partial charge is 0.452 e. The summed E-state index contributed by atoms with van der Waals surface area (Å²) >= 11 is 1.45. The Morgan fingerprint density at radius 2 is 1.82 bits per heavy atom. The number of benzene rings is 1. The van der Waals surface area contributed by atoms with Crippen LogP contribution in [0.1, 0.15) is 39.0 Å². The van der Waals surface area contributed by atoms with Gasteiger partial charge in [0.05, 0.1) is 12.1 Å². The molecular weight excluding hydrogens is 378 g/mol. The number of thiazole rings is 1. The van der Waals surface area contributed by atoms with E-state index in [1.54, 1.807) is 19.2 Å². The maximum Gasteiger partial charge on any atom is 0.321 e. The highest BCUT2D eigenvalue weighted by molar-refractivity contribution is 7.13. The Labute approximate surface area is 168 Å². The van der Waals surface area contributed by atoms with Crippen LogP contribution in [0.5, 0.6) is 0 Å². The molecule has 2 N–H and O–H groups in total. The summed E-state index contributed by atoms with van der Waals surface area (Å²) in [6.07, 6.45) is -0.149. The van der Waals surface area contributed by atoms with Crippen LogP contribution in [0.15, 0.2) is 29.6 Å². The number of esters is 1. The molecule has 0 aliphatic heterocycles. The number of carbonyl (C=O) groups is 3. The molecule has 0 bridgehead atoms. The minimum atomic E-state index is -1.08. The maximum absolute atomic E-state index is 12.1.